The number of aliphatic hydroxyl groups is 1. The molecule has 0 radical (unpaired) electrons. The summed E-state index contributed by atoms with van der Waals surface area (Å²) in [5, 5.41) is 20.2. The van der Waals surface area contributed by atoms with E-state index in [4.69, 9.17) is 0 Å². The van der Waals surface area contributed by atoms with E-state index in [0.29, 0.717) is 17.5 Å². The van der Waals surface area contributed by atoms with Crippen LogP contribution in [0.1, 0.15) is 39.1 Å². The quantitative estimate of drug-likeness (QED) is 0.490. The van der Waals surface area contributed by atoms with E-state index in [1.807, 2.05) is 36.4 Å². The summed E-state index contributed by atoms with van der Waals surface area (Å²) in [7, 11) is 0. The Kier molecular flexibility index (Phi) is 6.60. The van der Waals surface area contributed by atoms with Crippen LogP contribution in [-0.2, 0) is 11.2 Å². The van der Waals surface area contributed by atoms with E-state index in [1.165, 1.54) is 0 Å². The summed E-state index contributed by atoms with van der Waals surface area (Å²) in [4.78, 5) is 41.9. The van der Waals surface area contributed by atoms with Crippen molar-refractivity contribution < 1.29 is 24.6 Å². The fraction of sp³-hybridized carbons (Fsp3) is 0.231. The average molecular weight is 444 g/mol. The molecule has 1 aliphatic rings. The summed E-state index contributed by atoms with van der Waals surface area (Å²) < 4.78 is 0. The average Bonchev–Trinajstić information content (AvgIpc) is 3.08. The predicted molar refractivity (Wildman–Crippen MR) is 122 cm³/mol. The molecule has 7 nitrogen and oxygen atoms in total. The zero-order chi connectivity index (χ0) is 23.4. The third-order valence-corrected chi connectivity index (χ3v) is 6.00. The van der Waals surface area contributed by atoms with Gasteiger partial charge in [-0.1, -0.05) is 42.5 Å². The number of hydrogen-bond acceptors (Lipinski definition) is 5. The topological polar surface area (TPSA) is 108 Å². The minimum Gasteiger partial charge on any atom is -0.481 e. The molecule has 7 heteroatoms. The summed E-state index contributed by atoms with van der Waals surface area (Å²) >= 11 is 0. The van der Waals surface area contributed by atoms with Gasteiger partial charge in [0.1, 0.15) is 0 Å². The second-order valence-corrected chi connectivity index (χ2v) is 8.09. The molecule has 2 N–H and O–H groups in total. The largest absolute Gasteiger partial charge is 0.481 e. The molecule has 0 saturated heterocycles. The summed E-state index contributed by atoms with van der Waals surface area (Å²) in [6.45, 7) is -0.0554. The minimum atomic E-state index is -1.15. The number of amides is 2. The number of aryl methyl sites for hydroxylation is 1. The van der Waals surface area contributed by atoms with Crippen LogP contribution in [0.2, 0.25) is 0 Å². The Balaban J connectivity index is 1.34. The number of carbonyl (C=O) groups excluding carboxylic acids is 2. The van der Waals surface area contributed by atoms with E-state index >= 15 is 0 Å². The second kappa shape index (κ2) is 9.75. The third kappa shape index (κ3) is 4.83. The van der Waals surface area contributed by atoms with Crippen LogP contribution in [0.15, 0.2) is 73.1 Å². The lowest BCUT2D eigenvalue weighted by Gasteiger charge is -2.22. The van der Waals surface area contributed by atoms with Gasteiger partial charge in [0, 0.05) is 18.9 Å². The van der Waals surface area contributed by atoms with Gasteiger partial charge in [0.2, 0.25) is 0 Å². The van der Waals surface area contributed by atoms with Crippen LogP contribution in [0.5, 0.6) is 0 Å². The molecule has 0 saturated carbocycles. The Morgan fingerprint density at radius 2 is 1.55 bits per heavy atom. The molecule has 3 aromatic rings. The molecule has 2 aromatic carbocycles. The number of aliphatic carboxylic acids is 1. The smallest absolute Gasteiger partial charge is 0.309 e. The Hall–Kier alpha value is -3.84. The van der Waals surface area contributed by atoms with Gasteiger partial charge in [0.15, 0.2) is 0 Å². The fourth-order valence-corrected chi connectivity index (χ4v) is 4.10. The Morgan fingerprint density at radius 1 is 0.879 bits per heavy atom. The number of carbonyl (C=O) groups is 3. The Bertz CT molecular complexity index is 1130. The van der Waals surface area contributed by atoms with Crippen molar-refractivity contribution >= 4 is 17.8 Å². The first-order chi connectivity index (χ1) is 16.0. The molecular weight excluding hydrogens is 420 g/mol. The molecular formula is C26H24N2O5. The van der Waals surface area contributed by atoms with Gasteiger partial charge in [0.05, 0.1) is 23.1 Å². The van der Waals surface area contributed by atoms with Crippen molar-refractivity contribution in [1.29, 1.82) is 0 Å². The van der Waals surface area contributed by atoms with Crippen LogP contribution >= 0.6 is 0 Å². The molecule has 2 atom stereocenters. The first kappa shape index (κ1) is 22.4. The SMILES string of the molecule is O=C(O)[C@H](CCN1C(=O)c2ccccc2C1=O)[C@H](O)CCc1ccc(-c2cccnc2)cc1. The van der Waals surface area contributed by atoms with Gasteiger partial charge >= 0.3 is 5.97 Å². The van der Waals surface area contributed by atoms with Gasteiger partial charge in [-0.2, -0.15) is 0 Å². The zero-order valence-corrected chi connectivity index (χ0v) is 17.9. The minimum absolute atomic E-state index is 0.0120. The number of aliphatic hydroxyl groups excluding tert-OH is 1. The maximum atomic E-state index is 12.5. The maximum absolute atomic E-state index is 12.5. The van der Waals surface area contributed by atoms with Gasteiger partial charge in [-0.15, -0.1) is 0 Å². The molecule has 0 unspecified atom stereocenters. The van der Waals surface area contributed by atoms with Crippen LogP contribution < -0.4 is 0 Å². The van der Waals surface area contributed by atoms with Crippen LogP contribution in [0.4, 0.5) is 0 Å². The molecule has 4 rings (SSSR count). The van der Waals surface area contributed by atoms with Crippen molar-refractivity contribution in [1.82, 2.24) is 9.88 Å². The molecule has 0 aliphatic carbocycles. The maximum Gasteiger partial charge on any atom is 0.309 e. The molecule has 0 bridgehead atoms. The standard InChI is InChI=1S/C26H24N2O5/c29-23(12-9-17-7-10-18(11-8-17)19-4-3-14-27-16-19)22(26(32)33)13-15-28-24(30)20-5-1-2-6-21(20)25(28)31/h1-8,10-11,14,16,22-23,29H,9,12-13,15H2,(H,32,33)/t22-,23-/m1/s1. The van der Waals surface area contributed by atoms with Gasteiger partial charge in [-0.25, -0.2) is 0 Å². The molecule has 1 aliphatic heterocycles. The summed E-state index contributed by atoms with van der Waals surface area (Å²) in [6.07, 6.45) is 3.14. The van der Waals surface area contributed by atoms with E-state index in [2.05, 4.69) is 4.98 Å². The van der Waals surface area contributed by atoms with Crippen molar-refractivity contribution in [2.75, 3.05) is 6.54 Å². The number of rotatable bonds is 9. The normalized spacial score (nSPS) is 14.8. The molecule has 2 heterocycles. The molecule has 0 fully saturated rings. The van der Waals surface area contributed by atoms with E-state index in [-0.39, 0.29) is 19.4 Å². The van der Waals surface area contributed by atoms with Crippen molar-refractivity contribution in [2.24, 2.45) is 5.92 Å². The fourth-order valence-electron chi connectivity index (χ4n) is 4.10. The number of imide groups is 1. The number of aromatic nitrogens is 1. The first-order valence-electron chi connectivity index (χ1n) is 10.8. The van der Waals surface area contributed by atoms with Crippen LogP contribution in [0.25, 0.3) is 11.1 Å². The predicted octanol–water partition coefficient (Wildman–Crippen LogP) is 3.43. The van der Waals surface area contributed by atoms with Crippen molar-refractivity contribution in [3.8, 4) is 11.1 Å². The van der Waals surface area contributed by atoms with Crippen molar-refractivity contribution in [3.05, 3.63) is 89.7 Å². The van der Waals surface area contributed by atoms with Gasteiger partial charge in [0.25, 0.3) is 11.8 Å². The van der Waals surface area contributed by atoms with Gasteiger partial charge in [-0.3, -0.25) is 24.3 Å². The monoisotopic (exact) mass is 444 g/mol. The van der Waals surface area contributed by atoms with Crippen LogP contribution in [0.3, 0.4) is 0 Å². The Labute approximate surface area is 191 Å². The van der Waals surface area contributed by atoms with Crippen molar-refractivity contribution in [2.45, 2.75) is 25.4 Å². The molecule has 168 valence electrons. The number of fused-ring (bicyclic) bond motifs is 1. The summed E-state index contributed by atoms with van der Waals surface area (Å²) in [5.74, 6) is -3.08. The molecule has 1 aromatic heterocycles. The van der Waals surface area contributed by atoms with E-state index in [1.54, 1.807) is 36.7 Å². The number of nitrogens with zero attached hydrogens (tertiary/aromatic N) is 2. The van der Waals surface area contributed by atoms with Gasteiger partial charge in [-0.05, 0) is 54.2 Å². The van der Waals surface area contributed by atoms with Crippen LogP contribution in [-0.4, -0.2) is 50.5 Å². The third-order valence-electron chi connectivity index (χ3n) is 6.00. The molecule has 33 heavy (non-hydrogen) atoms. The van der Waals surface area contributed by atoms with Crippen LogP contribution in [0, 0.1) is 5.92 Å². The van der Waals surface area contributed by atoms with E-state index < -0.39 is 29.8 Å². The zero-order valence-electron chi connectivity index (χ0n) is 17.9. The molecule has 0 spiro atoms. The lowest BCUT2D eigenvalue weighted by atomic mass is 9.93. The number of benzene rings is 2. The summed E-state index contributed by atoms with van der Waals surface area (Å²) in [5.41, 5.74) is 3.65. The lowest BCUT2D eigenvalue weighted by molar-refractivity contribution is -0.146. The lowest BCUT2D eigenvalue weighted by Crippen LogP contribution is -2.36. The Morgan fingerprint density at radius 3 is 2.12 bits per heavy atom. The van der Waals surface area contributed by atoms with E-state index in [0.717, 1.165) is 21.6 Å². The molecule has 2 amide bonds. The highest BCUT2D eigenvalue weighted by atomic mass is 16.4. The van der Waals surface area contributed by atoms with Crippen molar-refractivity contribution in [3.63, 3.8) is 0 Å². The number of pyridine rings is 1. The van der Waals surface area contributed by atoms with Gasteiger partial charge < -0.3 is 10.2 Å². The number of hydrogen-bond donors (Lipinski definition) is 2. The highest BCUT2D eigenvalue weighted by Gasteiger charge is 2.36. The highest BCUT2D eigenvalue weighted by molar-refractivity contribution is 6.21. The first-order valence-corrected chi connectivity index (χ1v) is 10.8. The highest BCUT2D eigenvalue weighted by Crippen LogP contribution is 2.25. The second-order valence-electron chi connectivity index (χ2n) is 8.09. The number of carboxylic acids is 1. The summed E-state index contributed by atoms with van der Waals surface area (Å²) in [6, 6.07) is 18.2. The van der Waals surface area contributed by atoms with E-state index in [9.17, 15) is 24.6 Å². The number of carboxylic acid groups (broad SMARTS) is 1.